The first kappa shape index (κ1) is 14.6. The van der Waals surface area contributed by atoms with Gasteiger partial charge in [-0.25, -0.2) is 0 Å². The molecule has 0 aliphatic carbocycles. The SMILES string of the molecule is Cc1nn(C)c(Cl)c1CC(N)Cc1ccccc1Br. The molecule has 1 atom stereocenters. The highest BCUT2D eigenvalue weighted by Gasteiger charge is 2.15. The van der Waals surface area contributed by atoms with E-state index in [9.17, 15) is 0 Å². The minimum atomic E-state index is 0.0269. The topological polar surface area (TPSA) is 43.8 Å². The molecule has 0 radical (unpaired) electrons. The second kappa shape index (κ2) is 6.07. The van der Waals surface area contributed by atoms with Crippen molar-refractivity contribution in [2.75, 3.05) is 0 Å². The largest absolute Gasteiger partial charge is 0.327 e. The highest BCUT2D eigenvalue weighted by molar-refractivity contribution is 9.10. The van der Waals surface area contributed by atoms with Crippen LogP contribution in [-0.4, -0.2) is 15.8 Å². The molecule has 2 rings (SSSR count). The van der Waals surface area contributed by atoms with Crippen molar-refractivity contribution in [1.82, 2.24) is 9.78 Å². The standard InChI is InChI=1S/C14H17BrClN3/c1-9-12(14(16)19(2)18-9)8-11(17)7-10-5-3-4-6-13(10)15/h3-6,11H,7-8,17H2,1-2H3. The Hall–Kier alpha value is -0.840. The lowest BCUT2D eigenvalue weighted by molar-refractivity contribution is 0.661. The maximum Gasteiger partial charge on any atom is 0.130 e. The van der Waals surface area contributed by atoms with Crippen LogP contribution in [0, 0.1) is 6.92 Å². The fourth-order valence-corrected chi connectivity index (χ4v) is 2.88. The molecule has 0 amide bonds. The molecule has 0 saturated carbocycles. The van der Waals surface area contributed by atoms with Crippen molar-refractivity contribution in [2.45, 2.75) is 25.8 Å². The predicted molar refractivity (Wildman–Crippen MR) is 82.5 cm³/mol. The van der Waals surface area contributed by atoms with Gasteiger partial charge in [-0.05, 0) is 31.4 Å². The number of benzene rings is 1. The van der Waals surface area contributed by atoms with Crippen molar-refractivity contribution in [3.63, 3.8) is 0 Å². The van der Waals surface area contributed by atoms with Gasteiger partial charge in [0.05, 0.1) is 5.69 Å². The third-order valence-electron chi connectivity index (χ3n) is 3.18. The summed E-state index contributed by atoms with van der Waals surface area (Å²) in [5, 5.41) is 4.99. The summed E-state index contributed by atoms with van der Waals surface area (Å²) in [6, 6.07) is 8.17. The highest BCUT2D eigenvalue weighted by atomic mass is 79.9. The molecule has 0 fully saturated rings. The molecule has 3 nitrogen and oxygen atoms in total. The number of halogens is 2. The molecule has 1 unspecified atom stereocenters. The fourth-order valence-electron chi connectivity index (χ4n) is 2.19. The zero-order chi connectivity index (χ0) is 14.0. The minimum absolute atomic E-state index is 0.0269. The van der Waals surface area contributed by atoms with Gasteiger partial charge in [-0.3, -0.25) is 4.68 Å². The Morgan fingerprint density at radius 3 is 2.63 bits per heavy atom. The zero-order valence-electron chi connectivity index (χ0n) is 11.0. The van der Waals surface area contributed by atoms with Crippen LogP contribution in [0.3, 0.4) is 0 Å². The first-order chi connectivity index (χ1) is 8.99. The van der Waals surface area contributed by atoms with E-state index in [1.54, 1.807) is 4.68 Å². The van der Waals surface area contributed by atoms with E-state index in [1.807, 2.05) is 32.2 Å². The molecular formula is C14H17BrClN3. The smallest absolute Gasteiger partial charge is 0.130 e. The average molecular weight is 343 g/mol. The third kappa shape index (κ3) is 3.38. The van der Waals surface area contributed by atoms with Gasteiger partial charge < -0.3 is 5.73 Å². The Morgan fingerprint density at radius 1 is 1.37 bits per heavy atom. The van der Waals surface area contributed by atoms with Gasteiger partial charge in [-0.2, -0.15) is 5.10 Å². The molecular weight excluding hydrogens is 326 g/mol. The quantitative estimate of drug-likeness (QED) is 0.927. The third-order valence-corrected chi connectivity index (χ3v) is 4.42. The summed E-state index contributed by atoms with van der Waals surface area (Å²) in [4.78, 5) is 0. The molecule has 2 N–H and O–H groups in total. The molecule has 1 aromatic carbocycles. The number of rotatable bonds is 4. The second-order valence-electron chi connectivity index (χ2n) is 4.74. The molecule has 0 saturated heterocycles. The minimum Gasteiger partial charge on any atom is -0.327 e. The van der Waals surface area contributed by atoms with E-state index >= 15 is 0 Å². The maximum atomic E-state index is 6.24. The van der Waals surface area contributed by atoms with E-state index in [0.717, 1.165) is 28.6 Å². The van der Waals surface area contributed by atoms with Gasteiger partial charge in [0.25, 0.3) is 0 Å². The molecule has 19 heavy (non-hydrogen) atoms. The summed E-state index contributed by atoms with van der Waals surface area (Å²) in [6.45, 7) is 1.96. The first-order valence-electron chi connectivity index (χ1n) is 6.16. The molecule has 0 spiro atoms. The van der Waals surface area contributed by atoms with Crippen molar-refractivity contribution in [2.24, 2.45) is 12.8 Å². The molecule has 5 heteroatoms. The van der Waals surface area contributed by atoms with Crippen LogP contribution in [0.15, 0.2) is 28.7 Å². The Labute approximate surface area is 126 Å². The van der Waals surface area contributed by atoms with Crippen LogP contribution in [-0.2, 0) is 19.9 Å². The van der Waals surface area contributed by atoms with Crippen LogP contribution in [0.25, 0.3) is 0 Å². The van der Waals surface area contributed by atoms with Crippen LogP contribution in [0.4, 0.5) is 0 Å². The van der Waals surface area contributed by atoms with E-state index in [2.05, 4.69) is 27.1 Å². The van der Waals surface area contributed by atoms with E-state index in [-0.39, 0.29) is 6.04 Å². The normalized spacial score (nSPS) is 12.7. The van der Waals surface area contributed by atoms with Crippen LogP contribution >= 0.6 is 27.5 Å². The van der Waals surface area contributed by atoms with Gasteiger partial charge in [0.15, 0.2) is 0 Å². The number of aryl methyl sites for hydroxylation is 2. The van der Waals surface area contributed by atoms with E-state index in [1.165, 1.54) is 5.56 Å². The van der Waals surface area contributed by atoms with E-state index in [4.69, 9.17) is 17.3 Å². The van der Waals surface area contributed by atoms with Crippen LogP contribution in [0.2, 0.25) is 5.15 Å². The number of hydrogen-bond donors (Lipinski definition) is 1. The van der Waals surface area contributed by atoms with Crippen LogP contribution in [0.5, 0.6) is 0 Å². The lowest BCUT2D eigenvalue weighted by Gasteiger charge is -2.13. The number of aromatic nitrogens is 2. The molecule has 0 bridgehead atoms. The maximum absolute atomic E-state index is 6.24. The molecule has 0 aliphatic rings. The summed E-state index contributed by atoms with van der Waals surface area (Å²) in [6.07, 6.45) is 1.55. The van der Waals surface area contributed by atoms with E-state index in [0.29, 0.717) is 5.15 Å². The number of nitrogens with two attached hydrogens (primary N) is 1. The van der Waals surface area contributed by atoms with Gasteiger partial charge in [-0.15, -0.1) is 0 Å². The van der Waals surface area contributed by atoms with Gasteiger partial charge in [0.2, 0.25) is 0 Å². The van der Waals surface area contributed by atoms with Crippen molar-refractivity contribution in [3.8, 4) is 0 Å². The van der Waals surface area contributed by atoms with Gasteiger partial charge in [0.1, 0.15) is 5.15 Å². The summed E-state index contributed by atoms with van der Waals surface area (Å²) in [5.41, 5.74) is 9.45. The summed E-state index contributed by atoms with van der Waals surface area (Å²) < 4.78 is 2.79. The highest BCUT2D eigenvalue weighted by Crippen LogP contribution is 2.22. The lowest BCUT2D eigenvalue weighted by Crippen LogP contribution is -2.26. The van der Waals surface area contributed by atoms with Crippen LogP contribution in [0.1, 0.15) is 16.8 Å². The summed E-state index contributed by atoms with van der Waals surface area (Å²) in [7, 11) is 1.85. The summed E-state index contributed by atoms with van der Waals surface area (Å²) in [5.74, 6) is 0. The Bertz CT molecular complexity index is 580. The predicted octanol–water partition coefficient (Wildman–Crippen LogP) is 3.26. The Balaban J connectivity index is 2.10. The second-order valence-corrected chi connectivity index (χ2v) is 5.95. The van der Waals surface area contributed by atoms with Gasteiger partial charge in [0, 0.05) is 23.1 Å². The monoisotopic (exact) mass is 341 g/mol. The van der Waals surface area contributed by atoms with Gasteiger partial charge in [-0.1, -0.05) is 45.7 Å². The zero-order valence-corrected chi connectivity index (χ0v) is 13.4. The molecule has 2 aromatic rings. The van der Waals surface area contributed by atoms with Crippen molar-refractivity contribution >= 4 is 27.5 Å². The molecule has 102 valence electrons. The van der Waals surface area contributed by atoms with Crippen molar-refractivity contribution < 1.29 is 0 Å². The average Bonchev–Trinajstić information content (AvgIpc) is 2.59. The molecule has 0 aliphatic heterocycles. The van der Waals surface area contributed by atoms with Gasteiger partial charge >= 0.3 is 0 Å². The first-order valence-corrected chi connectivity index (χ1v) is 7.33. The van der Waals surface area contributed by atoms with Crippen molar-refractivity contribution in [3.05, 3.63) is 50.7 Å². The fraction of sp³-hybridized carbons (Fsp3) is 0.357. The molecule has 1 heterocycles. The van der Waals surface area contributed by atoms with E-state index < -0.39 is 0 Å². The summed E-state index contributed by atoms with van der Waals surface area (Å²) >= 11 is 9.77. The van der Waals surface area contributed by atoms with Crippen molar-refractivity contribution in [1.29, 1.82) is 0 Å². The molecule has 1 aromatic heterocycles. The van der Waals surface area contributed by atoms with Crippen LogP contribution < -0.4 is 5.73 Å². The number of hydrogen-bond acceptors (Lipinski definition) is 2. The Kier molecular flexibility index (Phi) is 4.66. The number of nitrogens with zero attached hydrogens (tertiary/aromatic N) is 2. The lowest BCUT2D eigenvalue weighted by atomic mass is 10.0. The Morgan fingerprint density at radius 2 is 2.05 bits per heavy atom.